The highest BCUT2D eigenvalue weighted by molar-refractivity contribution is 9.10. The van der Waals surface area contributed by atoms with E-state index in [1.165, 1.54) is 0 Å². The van der Waals surface area contributed by atoms with Gasteiger partial charge in [-0.2, -0.15) is 5.10 Å². The van der Waals surface area contributed by atoms with E-state index < -0.39 is 6.23 Å². The molecule has 0 unspecified atom stereocenters. The Hall–Kier alpha value is -2.31. The fraction of sp³-hybridized carbons (Fsp3) is 0.136. The summed E-state index contributed by atoms with van der Waals surface area (Å²) in [6.45, 7) is 0. The topological polar surface area (TPSA) is 45.1 Å². The van der Waals surface area contributed by atoms with Crippen LogP contribution in [0.15, 0.2) is 80.8 Å². The molecule has 2 aliphatic rings. The largest absolute Gasteiger partial charge is 0.507 e. The Morgan fingerprint density at radius 2 is 1.64 bits per heavy atom. The second-order valence-electron chi connectivity index (χ2n) is 6.87. The summed E-state index contributed by atoms with van der Waals surface area (Å²) in [5.74, 6) is 1.01. The molecule has 2 heterocycles. The van der Waals surface area contributed by atoms with Gasteiger partial charge in [-0.05, 0) is 42.0 Å². The van der Waals surface area contributed by atoms with Crippen molar-refractivity contribution in [3.8, 4) is 11.5 Å². The molecular formula is C22H16Br2N2O2. The summed E-state index contributed by atoms with van der Waals surface area (Å²) in [5.41, 5.74) is 3.90. The molecule has 2 aliphatic heterocycles. The van der Waals surface area contributed by atoms with Gasteiger partial charge >= 0.3 is 0 Å². The van der Waals surface area contributed by atoms with Crippen LogP contribution in [-0.4, -0.2) is 15.8 Å². The smallest absolute Gasteiger partial charge is 0.217 e. The van der Waals surface area contributed by atoms with Crippen LogP contribution < -0.4 is 4.74 Å². The molecule has 0 aliphatic carbocycles. The van der Waals surface area contributed by atoms with Gasteiger partial charge in [0.1, 0.15) is 11.5 Å². The Balaban J connectivity index is 1.64. The maximum Gasteiger partial charge on any atom is 0.217 e. The van der Waals surface area contributed by atoms with Crippen LogP contribution in [0.25, 0.3) is 0 Å². The second kappa shape index (κ2) is 6.94. The number of phenolic OH excluding ortho intramolecular Hbond substituents is 1. The average Bonchev–Trinajstić information content (AvgIpc) is 3.16. The molecule has 3 aromatic carbocycles. The minimum Gasteiger partial charge on any atom is -0.507 e. The van der Waals surface area contributed by atoms with Gasteiger partial charge in [0.15, 0.2) is 0 Å². The lowest BCUT2D eigenvalue weighted by atomic mass is 9.96. The highest BCUT2D eigenvalue weighted by Crippen LogP contribution is 2.49. The number of rotatable bonds is 2. The summed E-state index contributed by atoms with van der Waals surface area (Å²) in [6, 6.07) is 21.6. The van der Waals surface area contributed by atoms with Crippen LogP contribution in [0.4, 0.5) is 0 Å². The van der Waals surface area contributed by atoms with Crippen molar-refractivity contribution in [3.63, 3.8) is 0 Å². The van der Waals surface area contributed by atoms with Gasteiger partial charge < -0.3 is 9.84 Å². The Labute approximate surface area is 179 Å². The van der Waals surface area contributed by atoms with Crippen molar-refractivity contribution >= 4 is 37.6 Å². The summed E-state index contributed by atoms with van der Waals surface area (Å²) >= 11 is 7.07. The SMILES string of the molecule is Oc1ccc(Br)cc1[C@H]1Oc2ccc(Br)cc2[C@@H]2CC(c3ccccc3)=NN12. The van der Waals surface area contributed by atoms with Crippen LogP contribution in [0.5, 0.6) is 11.5 Å². The molecule has 3 aromatic rings. The lowest BCUT2D eigenvalue weighted by Crippen LogP contribution is -2.33. The zero-order valence-corrected chi connectivity index (χ0v) is 17.9. The third-order valence-electron chi connectivity index (χ3n) is 5.11. The van der Waals surface area contributed by atoms with E-state index in [4.69, 9.17) is 9.84 Å². The fourth-order valence-corrected chi connectivity index (χ4v) is 4.55. The maximum absolute atomic E-state index is 10.5. The third kappa shape index (κ3) is 3.01. The van der Waals surface area contributed by atoms with Gasteiger partial charge in [-0.3, -0.25) is 0 Å². The van der Waals surface area contributed by atoms with Crippen LogP contribution in [0.1, 0.15) is 35.4 Å². The molecule has 0 aromatic heterocycles. The maximum atomic E-state index is 10.5. The normalized spacial score (nSPS) is 20.2. The minimum atomic E-state index is -0.502. The Bertz CT molecular complexity index is 1090. The second-order valence-corrected chi connectivity index (χ2v) is 8.70. The molecule has 5 rings (SSSR count). The van der Waals surface area contributed by atoms with E-state index in [1.54, 1.807) is 6.07 Å². The number of nitrogens with zero attached hydrogens (tertiary/aromatic N) is 2. The summed E-state index contributed by atoms with van der Waals surface area (Å²) in [4.78, 5) is 0. The van der Waals surface area contributed by atoms with Crippen molar-refractivity contribution < 1.29 is 9.84 Å². The number of fused-ring (bicyclic) bond motifs is 3. The minimum absolute atomic E-state index is 0.0415. The fourth-order valence-electron chi connectivity index (χ4n) is 3.79. The number of benzene rings is 3. The number of hydrogen-bond donors (Lipinski definition) is 1. The molecule has 0 spiro atoms. The van der Waals surface area contributed by atoms with E-state index in [0.717, 1.165) is 38.0 Å². The zero-order chi connectivity index (χ0) is 19.3. The highest BCUT2D eigenvalue weighted by atomic mass is 79.9. The van der Waals surface area contributed by atoms with Crippen molar-refractivity contribution in [2.45, 2.75) is 18.7 Å². The Morgan fingerprint density at radius 1 is 0.929 bits per heavy atom. The van der Waals surface area contributed by atoms with E-state index in [1.807, 2.05) is 47.5 Å². The number of phenols is 1. The van der Waals surface area contributed by atoms with Crippen LogP contribution in [0.2, 0.25) is 0 Å². The van der Waals surface area contributed by atoms with Gasteiger partial charge in [0.05, 0.1) is 17.3 Å². The van der Waals surface area contributed by atoms with Crippen LogP contribution >= 0.6 is 31.9 Å². The van der Waals surface area contributed by atoms with E-state index in [9.17, 15) is 5.11 Å². The van der Waals surface area contributed by atoms with E-state index in [-0.39, 0.29) is 11.8 Å². The monoisotopic (exact) mass is 498 g/mol. The molecule has 0 bridgehead atoms. The van der Waals surface area contributed by atoms with Crippen molar-refractivity contribution in [2.24, 2.45) is 5.10 Å². The Kier molecular flexibility index (Phi) is 4.40. The van der Waals surface area contributed by atoms with Gasteiger partial charge in [0.2, 0.25) is 6.23 Å². The van der Waals surface area contributed by atoms with Crippen molar-refractivity contribution in [2.75, 3.05) is 0 Å². The molecule has 6 heteroatoms. The standard InChI is InChI=1S/C22H16Br2N2O2/c23-14-6-8-20(27)17(11-14)22-26-19(16-10-15(24)7-9-21(16)28-22)12-18(25-26)13-4-2-1-3-5-13/h1-11,19,22,27H,12H2/t19-,22+/m0/s1. The van der Waals surface area contributed by atoms with Crippen LogP contribution in [0.3, 0.4) is 0 Å². The van der Waals surface area contributed by atoms with Gasteiger partial charge in [0.25, 0.3) is 0 Å². The molecule has 0 fully saturated rings. The average molecular weight is 500 g/mol. The predicted octanol–water partition coefficient (Wildman–Crippen LogP) is 6.16. The number of aromatic hydroxyl groups is 1. The first kappa shape index (κ1) is 17.8. The van der Waals surface area contributed by atoms with Gasteiger partial charge in [-0.1, -0.05) is 62.2 Å². The number of hydrazone groups is 1. The molecule has 140 valence electrons. The molecule has 4 nitrogen and oxygen atoms in total. The molecule has 0 saturated heterocycles. The van der Waals surface area contributed by atoms with Crippen molar-refractivity contribution in [1.82, 2.24) is 5.01 Å². The first-order valence-corrected chi connectivity index (χ1v) is 10.5. The summed E-state index contributed by atoms with van der Waals surface area (Å²) in [5, 5.41) is 17.4. The summed E-state index contributed by atoms with van der Waals surface area (Å²) < 4.78 is 8.21. The first-order valence-electron chi connectivity index (χ1n) is 8.96. The van der Waals surface area contributed by atoms with Crippen molar-refractivity contribution in [1.29, 1.82) is 0 Å². The number of hydrogen-bond acceptors (Lipinski definition) is 4. The predicted molar refractivity (Wildman–Crippen MR) is 115 cm³/mol. The van der Waals surface area contributed by atoms with Crippen LogP contribution in [0, 0.1) is 0 Å². The molecule has 0 amide bonds. The molecule has 28 heavy (non-hydrogen) atoms. The number of ether oxygens (including phenoxy) is 1. The molecule has 0 radical (unpaired) electrons. The molecule has 2 atom stereocenters. The molecule has 0 saturated carbocycles. The van der Waals surface area contributed by atoms with Crippen LogP contribution in [-0.2, 0) is 0 Å². The summed E-state index contributed by atoms with van der Waals surface area (Å²) in [6.07, 6.45) is 0.277. The Morgan fingerprint density at radius 3 is 2.43 bits per heavy atom. The van der Waals surface area contributed by atoms with E-state index >= 15 is 0 Å². The molecular weight excluding hydrogens is 484 g/mol. The molecule has 1 N–H and O–H groups in total. The number of halogens is 2. The zero-order valence-electron chi connectivity index (χ0n) is 14.7. The van der Waals surface area contributed by atoms with E-state index in [2.05, 4.69) is 50.1 Å². The van der Waals surface area contributed by atoms with Gasteiger partial charge in [-0.15, -0.1) is 0 Å². The van der Waals surface area contributed by atoms with Gasteiger partial charge in [0, 0.05) is 20.9 Å². The van der Waals surface area contributed by atoms with Crippen molar-refractivity contribution in [3.05, 3.63) is 92.4 Å². The third-order valence-corrected chi connectivity index (χ3v) is 6.10. The van der Waals surface area contributed by atoms with Gasteiger partial charge in [-0.25, -0.2) is 5.01 Å². The summed E-state index contributed by atoms with van der Waals surface area (Å²) in [7, 11) is 0. The quantitative estimate of drug-likeness (QED) is 0.459. The van der Waals surface area contributed by atoms with E-state index in [0.29, 0.717) is 5.56 Å². The lowest BCUT2D eigenvalue weighted by Gasteiger charge is -2.38. The lowest BCUT2D eigenvalue weighted by molar-refractivity contribution is -0.0204. The highest BCUT2D eigenvalue weighted by Gasteiger charge is 2.42. The first-order chi connectivity index (χ1) is 13.6.